The fourth-order valence-corrected chi connectivity index (χ4v) is 3.43. The Bertz CT molecular complexity index is 1360. The zero-order valence-electron chi connectivity index (χ0n) is 17.4. The van der Waals surface area contributed by atoms with Crippen molar-refractivity contribution in [2.24, 2.45) is 0 Å². The standard InChI is InChI=1S/C23H17BF2N6O/c1-11-7-12(8-19(28)30-11)13-5-6-29-10-18(13)31-23(33)22-17(27)9-16(26)21(32-22)20-14(24)3-2-4-15(20)25/h2-10H,27H2,1H3,(H2,28,30)(H,31,33). The van der Waals surface area contributed by atoms with Crippen LogP contribution in [-0.4, -0.2) is 28.7 Å². The zero-order chi connectivity index (χ0) is 23.7. The molecule has 0 atom stereocenters. The Kier molecular flexibility index (Phi) is 5.74. The first-order chi connectivity index (χ1) is 15.7. The number of pyridine rings is 3. The fourth-order valence-electron chi connectivity index (χ4n) is 3.43. The highest BCUT2D eigenvalue weighted by Crippen LogP contribution is 2.30. The van der Waals surface area contributed by atoms with Gasteiger partial charge in [-0.2, -0.15) is 0 Å². The topological polar surface area (TPSA) is 120 Å². The van der Waals surface area contributed by atoms with Crippen LogP contribution in [-0.2, 0) is 0 Å². The summed E-state index contributed by atoms with van der Waals surface area (Å²) in [6.07, 6.45) is 3.00. The number of halogens is 2. The van der Waals surface area contributed by atoms with E-state index in [0.717, 1.165) is 12.1 Å². The third-order valence-electron chi connectivity index (χ3n) is 4.86. The van der Waals surface area contributed by atoms with Crippen molar-refractivity contribution in [3.05, 3.63) is 77.9 Å². The summed E-state index contributed by atoms with van der Waals surface area (Å²) in [4.78, 5) is 25.2. The minimum atomic E-state index is -0.911. The number of nitrogen functional groups attached to an aromatic ring is 2. The van der Waals surface area contributed by atoms with Gasteiger partial charge >= 0.3 is 0 Å². The van der Waals surface area contributed by atoms with Gasteiger partial charge in [0.15, 0.2) is 11.5 Å². The maximum atomic E-state index is 14.6. The Morgan fingerprint density at radius 1 is 1.06 bits per heavy atom. The van der Waals surface area contributed by atoms with E-state index < -0.39 is 23.2 Å². The second kappa shape index (κ2) is 8.66. The summed E-state index contributed by atoms with van der Waals surface area (Å²) in [6.45, 7) is 1.79. The van der Waals surface area contributed by atoms with Crippen molar-refractivity contribution in [3.63, 3.8) is 0 Å². The van der Waals surface area contributed by atoms with Crippen molar-refractivity contribution in [2.75, 3.05) is 16.8 Å². The average molecular weight is 442 g/mol. The van der Waals surface area contributed by atoms with E-state index in [0.29, 0.717) is 28.3 Å². The Hall–Kier alpha value is -4.34. The van der Waals surface area contributed by atoms with Gasteiger partial charge in [-0.1, -0.05) is 17.6 Å². The predicted molar refractivity (Wildman–Crippen MR) is 124 cm³/mol. The van der Waals surface area contributed by atoms with Crippen LogP contribution >= 0.6 is 0 Å². The second-order valence-electron chi connectivity index (χ2n) is 7.26. The number of aromatic nitrogens is 3. The van der Waals surface area contributed by atoms with Crippen molar-refractivity contribution >= 4 is 36.4 Å². The van der Waals surface area contributed by atoms with Crippen LogP contribution in [0, 0.1) is 18.6 Å². The lowest BCUT2D eigenvalue weighted by Gasteiger charge is -2.14. The molecule has 2 radical (unpaired) electrons. The van der Waals surface area contributed by atoms with Crippen LogP contribution in [0.25, 0.3) is 22.4 Å². The predicted octanol–water partition coefficient (Wildman–Crippen LogP) is 3.00. The Morgan fingerprint density at radius 3 is 2.58 bits per heavy atom. The summed E-state index contributed by atoms with van der Waals surface area (Å²) in [5.41, 5.74) is 12.8. The number of carbonyl (C=O) groups is 1. The zero-order valence-corrected chi connectivity index (χ0v) is 17.4. The molecule has 0 aliphatic carbocycles. The van der Waals surface area contributed by atoms with Crippen LogP contribution in [0.2, 0.25) is 0 Å². The quantitative estimate of drug-likeness (QED) is 0.418. The molecule has 162 valence electrons. The van der Waals surface area contributed by atoms with Gasteiger partial charge in [-0.3, -0.25) is 9.78 Å². The van der Waals surface area contributed by atoms with Crippen molar-refractivity contribution in [3.8, 4) is 22.4 Å². The van der Waals surface area contributed by atoms with Crippen LogP contribution in [0.5, 0.6) is 0 Å². The molecule has 0 fully saturated rings. The lowest BCUT2D eigenvalue weighted by Crippen LogP contribution is -2.19. The number of hydrogen-bond donors (Lipinski definition) is 3. The number of nitrogens with one attached hydrogen (secondary N) is 1. The van der Waals surface area contributed by atoms with Gasteiger partial charge in [-0.15, -0.1) is 0 Å². The van der Waals surface area contributed by atoms with Gasteiger partial charge in [0.25, 0.3) is 5.91 Å². The molecule has 0 spiro atoms. The lowest BCUT2D eigenvalue weighted by atomic mass is 9.88. The molecule has 33 heavy (non-hydrogen) atoms. The van der Waals surface area contributed by atoms with Gasteiger partial charge in [0.1, 0.15) is 25.2 Å². The normalized spacial score (nSPS) is 10.8. The second-order valence-corrected chi connectivity index (χ2v) is 7.26. The number of nitrogens with zero attached hydrogens (tertiary/aromatic N) is 3. The van der Waals surface area contributed by atoms with Crippen molar-refractivity contribution in [2.45, 2.75) is 6.92 Å². The summed E-state index contributed by atoms with van der Waals surface area (Å²) in [7, 11) is 5.82. The number of anilines is 3. The molecule has 0 saturated heterocycles. The number of carbonyl (C=O) groups excluding carboxylic acids is 1. The summed E-state index contributed by atoms with van der Waals surface area (Å²) >= 11 is 0. The van der Waals surface area contributed by atoms with E-state index in [1.807, 2.05) is 0 Å². The van der Waals surface area contributed by atoms with E-state index in [1.165, 1.54) is 18.3 Å². The molecule has 3 aromatic heterocycles. The van der Waals surface area contributed by atoms with E-state index in [4.69, 9.17) is 19.3 Å². The minimum Gasteiger partial charge on any atom is -0.397 e. The van der Waals surface area contributed by atoms with E-state index in [9.17, 15) is 13.6 Å². The molecule has 4 aromatic rings. The summed E-state index contributed by atoms with van der Waals surface area (Å²) < 4.78 is 29.0. The van der Waals surface area contributed by atoms with Gasteiger partial charge in [0.05, 0.1) is 17.6 Å². The van der Waals surface area contributed by atoms with Crippen LogP contribution < -0.4 is 22.2 Å². The molecule has 7 nitrogen and oxygen atoms in total. The van der Waals surface area contributed by atoms with Crippen molar-refractivity contribution in [1.82, 2.24) is 15.0 Å². The summed E-state index contributed by atoms with van der Waals surface area (Å²) in [6, 6.07) is 9.95. The third-order valence-corrected chi connectivity index (χ3v) is 4.86. The number of benzene rings is 1. The Morgan fingerprint density at radius 2 is 1.85 bits per heavy atom. The van der Waals surface area contributed by atoms with Gasteiger partial charge in [-0.25, -0.2) is 18.7 Å². The molecule has 0 aliphatic rings. The molecule has 1 aromatic carbocycles. The summed E-state index contributed by atoms with van der Waals surface area (Å²) in [5, 5.41) is 2.68. The SMILES string of the molecule is [B]c1cccc(F)c1-c1nc(C(=O)Nc2cnccc2-c2cc(C)nc(N)c2)c(N)cc1F. The van der Waals surface area contributed by atoms with Gasteiger partial charge in [0, 0.05) is 29.1 Å². The highest BCUT2D eigenvalue weighted by Gasteiger charge is 2.21. The van der Waals surface area contributed by atoms with E-state index in [2.05, 4.69) is 20.3 Å². The molecule has 0 unspecified atom stereocenters. The first kappa shape index (κ1) is 21.9. The fraction of sp³-hybridized carbons (Fsp3) is 0.0435. The maximum Gasteiger partial charge on any atom is 0.276 e. The molecular weight excluding hydrogens is 425 g/mol. The maximum absolute atomic E-state index is 14.6. The molecule has 0 bridgehead atoms. The number of aryl methyl sites for hydroxylation is 1. The molecule has 4 rings (SSSR count). The third kappa shape index (κ3) is 4.36. The van der Waals surface area contributed by atoms with Gasteiger partial charge in [0.2, 0.25) is 0 Å². The molecule has 1 amide bonds. The van der Waals surface area contributed by atoms with Crippen LogP contribution in [0.4, 0.5) is 26.0 Å². The molecule has 3 heterocycles. The highest BCUT2D eigenvalue weighted by molar-refractivity contribution is 6.35. The van der Waals surface area contributed by atoms with Crippen LogP contribution in [0.15, 0.2) is 54.9 Å². The monoisotopic (exact) mass is 442 g/mol. The molecule has 0 saturated carbocycles. The van der Waals surface area contributed by atoms with E-state index in [1.54, 1.807) is 31.3 Å². The number of amides is 1. The Balaban J connectivity index is 1.75. The number of rotatable bonds is 4. The Labute approximate surface area is 189 Å². The molecule has 5 N–H and O–H groups in total. The summed E-state index contributed by atoms with van der Waals surface area (Å²) in [5.74, 6) is -2.12. The van der Waals surface area contributed by atoms with Crippen molar-refractivity contribution in [1.29, 1.82) is 0 Å². The van der Waals surface area contributed by atoms with E-state index in [-0.39, 0.29) is 22.4 Å². The molecular formula is C23H17BF2N6O. The smallest absolute Gasteiger partial charge is 0.276 e. The van der Waals surface area contributed by atoms with E-state index >= 15 is 0 Å². The van der Waals surface area contributed by atoms with Gasteiger partial charge < -0.3 is 16.8 Å². The first-order valence-corrected chi connectivity index (χ1v) is 9.75. The minimum absolute atomic E-state index is 0.0299. The highest BCUT2D eigenvalue weighted by atomic mass is 19.1. The average Bonchev–Trinajstić information content (AvgIpc) is 2.74. The largest absolute Gasteiger partial charge is 0.397 e. The first-order valence-electron chi connectivity index (χ1n) is 9.75. The molecule has 0 aliphatic heterocycles. The number of hydrogen-bond acceptors (Lipinski definition) is 6. The van der Waals surface area contributed by atoms with Gasteiger partial charge in [-0.05, 0) is 36.8 Å². The van der Waals surface area contributed by atoms with Crippen LogP contribution in [0.3, 0.4) is 0 Å². The van der Waals surface area contributed by atoms with Crippen LogP contribution in [0.1, 0.15) is 16.2 Å². The number of nitrogens with two attached hydrogens (primary N) is 2. The van der Waals surface area contributed by atoms with Crippen molar-refractivity contribution < 1.29 is 13.6 Å². The molecule has 10 heteroatoms. The lowest BCUT2D eigenvalue weighted by molar-refractivity contribution is 0.102.